The molecular formula is C39H36ClF2N11O6. The van der Waals surface area contributed by atoms with E-state index >= 15 is 0 Å². The first kappa shape index (κ1) is 39.1. The Kier molecular flexibility index (Phi) is 10.1. The lowest BCUT2D eigenvalue weighted by Crippen LogP contribution is -2.39. The number of hydrogen-bond donors (Lipinski definition) is 4. The molecule has 4 N–H and O–H groups in total. The first-order valence-electron chi connectivity index (χ1n) is 18.6. The van der Waals surface area contributed by atoms with Gasteiger partial charge in [-0.2, -0.15) is 19.2 Å². The number of halogens is 3. The molecule has 4 aromatic heterocycles. The van der Waals surface area contributed by atoms with E-state index in [4.69, 9.17) is 16.3 Å². The largest absolute Gasteiger partial charge is 0.443 e. The lowest BCUT2D eigenvalue weighted by atomic mass is 10.1. The van der Waals surface area contributed by atoms with Gasteiger partial charge in [0.1, 0.15) is 28.2 Å². The molecule has 4 fully saturated rings. The Morgan fingerprint density at radius 3 is 2.02 bits per heavy atom. The number of nitrogens with zero attached hydrogens (tertiary/aromatic N) is 7. The zero-order valence-corrected chi connectivity index (χ0v) is 32.6. The Labute approximate surface area is 338 Å². The molecule has 2 aliphatic carbocycles. The molecule has 4 aliphatic rings. The second-order valence-electron chi connectivity index (χ2n) is 15.3. The van der Waals surface area contributed by atoms with Gasteiger partial charge in [0.2, 0.25) is 11.8 Å². The molecule has 5 amide bonds. The number of rotatable bonds is 8. The van der Waals surface area contributed by atoms with Gasteiger partial charge < -0.3 is 15.4 Å². The second kappa shape index (κ2) is 15.2. The number of imide groups is 2. The fourth-order valence-electron chi connectivity index (χ4n) is 6.31. The molecule has 2 saturated carbocycles. The predicted octanol–water partition coefficient (Wildman–Crippen LogP) is 5.47. The average Bonchev–Trinajstić information content (AvgIpc) is 4.02. The number of carbonyl (C=O) groups is 5. The van der Waals surface area contributed by atoms with Crippen molar-refractivity contribution in [1.82, 2.24) is 39.8 Å². The summed E-state index contributed by atoms with van der Waals surface area (Å²) in [6, 6.07) is 7.10. The molecule has 6 heterocycles. The van der Waals surface area contributed by atoms with Crippen LogP contribution in [-0.4, -0.2) is 76.6 Å². The van der Waals surface area contributed by atoms with Crippen molar-refractivity contribution in [2.45, 2.75) is 77.0 Å². The summed E-state index contributed by atoms with van der Waals surface area (Å²) >= 11 is 6.24. The number of ether oxygens (including phenoxy) is 1. The predicted molar refractivity (Wildman–Crippen MR) is 210 cm³/mol. The van der Waals surface area contributed by atoms with Crippen molar-refractivity contribution in [3.63, 3.8) is 0 Å². The first-order chi connectivity index (χ1) is 28.1. The lowest BCUT2D eigenvalue weighted by Gasteiger charge is -2.27. The van der Waals surface area contributed by atoms with Gasteiger partial charge in [0.05, 0.1) is 25.2 Å². The molecule has 59 heavy (non-hydrogen) atoms. The summed E-state index contributed by atoms with van der Waals surface area (Å²) < 4.78 is 35.5. The summed E-state index contributed by atoms with van der Waals surface area (Å²) in [7, 11) is 0. The molecule has 1 aromatic carbocycles. The van der Waals surface area contributed by atoms with Crippen molar-refractivity contribution in [3.8, 4) is 0 Å². The number of anilines is 4. The van der Waals surface area contributed by atoms with Crippen molar-refractivity contribution >= 4 is 87.9 Å². The third-order valence-electron chi connectivity index (χ3n) is 9.27. The van der Waals surface area contributed by atoms with Gasteiger partial charge in [-0.15, -0.1) is 0 Å². The molecule has 5 aromatic rings. The third-order valence-corrected chi connectivity index (χ3v) is 9.46. The van der Waals surface area contributed by atoms with E-state index in [0.717, 1.165) is 37.8 Å². The maximum atomic E-state index is 13.6. The second-order valence-corrected chi connectivity index (χ2v) is 15.7. The van der Waals surface area contributed by atoms with E-state index in [1.54, 1.807) is 60.7 Å². The van der Waals surface area contributed by atoms with Crippen molar-refractivity contribution in [1.29, 1.82) is 0 Å². The Morgan fingerprint density at radius 1 is 0.864 bits per heavy atom. The molecule has 20 heteroatoms. The maximum Gasteiger partial charge on any atom is 0.416 e. The minimum Gasteiger partial charge on any atom is -0.443 e. The third kappa shape index (κ3) is 8.74. The Morgan fingerprint density at radius 2 is 1.47 bits per heavy atom. The number of nitrogens with one attached hydrogen (secondary N) is 4. The molecule has 9 rings (SSSR count). The van der Waals surface area contributed by atoms with E-state index < -0.39 is 35.1 Å². The Balaban J connectivity index is 0.000000164. The van der Waals surface area contributed by atoms with Crippen LogP contribution in [0.2, 0.25) is 5.15 Å². The number of amides is 5. The van der Waals surface area contributed by atoms with Crippen molar-refractivity contribution in [3.05, 3.63) is 81.8 Å². The number of benzene rings is 1. The van der Waals surface area contributed by atoms with Gasteiger partial charge in [-0.25, -0.2) is 23.5 Å². The van der Waals surface area contributed by atoms with Gasteiger partial charge in [-0.3, -0.25) is 34.7 Å². The number of fused-ring (bicyclic) bond motifs is 2. The summed E-state index contributed by atoms with van der Waals surface area (Å²) in [5, 5.41) is 19.7. The van der Waals surface area contributed by atoms with Crippen LogP contribution in [0.5, 0.6) is 0 Å². The minimum absolute atomic E-state index is 0.00382. The van der Waals surface area contributed by atoms with E-state index in [1.165, 1.54) is 16.8 Å². The highest BCUT2D eigenvalue weighted by Crippen LogP contribution is 2.35. The monoisotopic (exact) mass is 827 g/mol. The van der Waals surface area contributed by atoms with E-state index in [2.05, 4.69) is 41.4 Å². The topological polar surface area (TPSA) is 206 Å². The fraction of sp³-hybridized carbons (Fsp3) is 0.308. The van der Waals surface area contributed by atoms with Crippen LogP contribution in [0.3, 0.4) is 0 Å². The van der Waals surface area contributed by atoms with Gasteiger partial charge >= 0.3 is 6.09 Å². The van der Waals surface area contributed by atoms with Crippen LogP contribution < -0.4 is 26.2 Å². The number of hydrogen-bond acceptors (Lipinski definition) is 12. The molecule has 0 bridgehead atoms. The van der Waals surface area contributed by atoms with Crippen LogP contribution in [-0.2, 0) is 23.9 Å². The maximum absolute atomic E-state index is 13.6. The molecule has 17 nitrogen and oxygen atoms in total. The Bertz CT molecular complexity index is 2660. The summed E-state index contributed by atoms with van der Waals surface area (Å²) in [4.78, 5) is 69.9. The molecule has 0 atom stereocenters. The van der Waals surface area contributed by atoms with Crippen LogP contribution in [0, 0.1) is 11.6 Å². The standard InChI is InChI=1S/C20H16F2N6O2.C19H20ClN5O4/c21-14-4-3-13(7-15(14)22)24-16-8-17(25-12-1-2-12)28-19(26-16)11(9-23-28)5-10-6-18(29)27-20(10)30;1-19(2,3)29-18(28)24(12-4-5-12)15-8-13(20)22-16-11(9-21-25(15)16)6-10-7-14(26)23-17(10)27/h3-5,7-9,12,25H,1-2,6H2,(H,24,26)(H,27,29,30);6,8-9,12H,4-5,7H2,1-3H3,(H,23,26,27)/b10-5+;10-6+. The highest BCUT2D eigenvalue weighted by atomic mass is 35.5. The lowest BCUT2D eigenvalue weighted by molar-refractivity contribution is -0.125. The van der Waals surface area contributed by atoms with Gasteiger partial charge in [-0.1, -0.05) is 11.6 Å². The molecule has 2 saturated heterocycles. The summed E-state index contributed by atoms with van der Waals surface area (Å²) in [6.07, 6.45) is 9.50. The van der Waals surface area contributed by atoms with E-state index in [-0.39, 0.29) is 35.9 Å². The normalized spacial score (nSPS) is 18.0. The van der Waals surface area contributed by atoms with Crippen molar-refractivity contribution < 1.29 is 37.5 Å². The summed E-state index contributed by atoms with van der Waals surface area (Å²) in [5.41, 5.74) is 2.24. The molecular weight excluding hydrogens is 792 g/mol. The van der Waals surface area contributed by atoms with E-state index in [9.17, 15) is 32.8 Å². The average molecular weight is 828 g/mol. The first-order valence-corrected chi connectivity index (χ1v) is 19.0. The van der Waals surface area contributed by atoms with Gasteiger partial charge in [-0.05, 0) is 70.7 Å². The van der Waals surface area contributed by atoms with Crippen LogP contribution in [0.1, 0.15) is 70.4 Å². The van der Waals surface area contributed by atoms with Crippen LogP contribution in [0.15, 0.2) is 53.9 Å². The van der Waals surface area contributed by atoms with Crippen LogP contribution >= 0.6 is 11.6 Å². The molecule has 0 radical (unpaired) electrons. The number of aromatic nitrogens is 6. The van der Waals surface area contributed by atoms with Gasteiger partial charge in [0.25, 0.3) is 11.8 Å². The smallest absolute Gasteiger partial charge is 0.416 e. The van der Waals surface area contributed by atoms with Gasteiger partial charge in [0, 0.05) is 58.2 Å². The molecule has 0 spiro atoms. The Hall–Kier alpha value is -6.76. The molecule has 2 aliphatic heterocycles. The summed E-state index contributed by atoms with van der Waals surface area (Å²) in [5.74, 6) is -1.99. The molecule has 0 unspecified atom stereocenters. The minimum atomic E-state index is -0.968. The van der Waals surface area contributed by atoms with Crippen molar-refractivity contribution in [2.75, 3.05) is 15.5 Å². The fourth-order valence-corrected chi connectivity index (χ4v) is 6.48. The quantitative estimate of drug-likeness (QED) is 0.0873. The highest BCUT2D eigenvalue weighted by molar-refractivity contribution is 6.30. The highest BCUT2D eigenvalue weighted by Gasteiger charge is 2.38. The SMILES string of the molecule is CC(C)(C)OC(=O)N(c1cc(Cl)nc2c(/C=C3\CC(=O)NC3=O)cnn12)C1CC1.O=C1C/C(=C\c2cnn3c(NC4CC4)cc(Nc4ccc(F)c(F)c4)nc23)C(=O)N1. The van der Waals surface area contributed by atoms with E-state index in [0.29, 0.717) is 62.8 Å². The summed E-state index contributed by atoms with van der Waals surface area (Å²) in [6.45, 7) is 5.41. The number of carbonyl (C=O) groups excluding carboxylic acids is 5. The molecule has 304 valence electrons. The zero-order chi connectivity index (χ0) is 41.7. The van der Waals surface area contributed by atoms with Gasteiger partial charge in [0.15, 0.2) is 22.9 Å². The van der Waals surface area contributed by atoms with Crippen molar-refractivity contribution in [2.24, 2.45) is 0 Å². The van der Waals surface area contributed by atoms with Crippen LogP contribution in [0.25, 0.3) is 23.4 Å². The van der Waals surface area contributed by atoms with E-state index in [1.807, 2.05) is 0 Å². The van der Waals surface area contributed by atoms with Crippen LogP contribution in [0.4, 0.5) is 36.7 Å². The zero-order valence-electron chi connectivity index (χ0n) is 31.8.